The average Bonchev–Trinajstić information content (AvgIpc) is 2.20. The molecule has 0 aliphatic rings. The first kappa shape index (κ1) is 13.9. The molecule has 1 atom stereocenters. The number of anilines is 1. The van der Waals surface area contributed by atoms with Gasteiger partial charge < -0.3 is 20.3 Å². The average molecular weight is 263 g/mol. The molecular formula is C8H14N3O5P. The molecule has 1 rings (SSSR count). The van der Waals surface area contributed by atoms with E-state index in [1.54, 1.807) is 6.92 Å². The number of aromatic nitrogens is 2. The Morgan fingerprint density at radius 3 is 2.82 bits per heavy atom. The van der Waals surface area contributed by atoms with E-state index < -0.39 is 25.7 Å². The first-order valence-electron chi connectivity index (χ1n) is 4.77. The highest BCUT2D eigenvalue weighted by molar-refractivity contribution is 7.51. The summed E-state index contributed by atoms with van der Waals surface area (Å²) < 4.78 is 16.7. The number of nitrogen functional groups attached to an aromatic ring is 1. The molecule has 0 radical (unpaired) electrons. The van der Waals surface area contributed by atoms with Crippen LogP contribution in [0.1, 0.15) is 6.92 Å². The van der Waals surface area contributed by atoms with Gasteiger partial charge in [0.2, 0.25) is 0 Å². The van der Waals surface area contributed by atoms with Crippen molar-refractivity contribution in [1.82, 2.24) is 9.55 Å². The van der Waals surface area contributed by atoms with Gasteiger partial charge in [-0.25, -0.2) is 9.78 Å². The summed E-state index contributed by atoms with van der Waals surface area (Å²) in [6.45, 7) is 1.66. The van der Waals surface area contributed by atoms with Gasteiger partial charge in [0.05, 0.1) is 12.6 Å². The lowest BCUT2D eigenvalue weighted by Gasteiger charge is -2.15. The van der Waals surface area contributed by atoms with Crippen LogP contribution in [0.5, 0.6) is 0 Å². The van der Waals surface area contributed by atoms with Crippen LogP contribution in [0.25, 0.3) is 0 Å². The molecule has 0 unspecified atom stereocenters. The van der Waals surface area contributed by atoms with E-state index in [1.807, 2.05) is 0 Å². The monoisotopic (exact) mass is 263 g/mol. The van der Waals surface area contributed by atoms with E-state index in [0.29, 0.717) is 0 Å². The topological polar surface area (TPSA) is 128 Å². The number of nitrogens with zero attached hydrogens (tertiary/aromatic N) is 2. The van der Waals surface area contributed by atoms with Crippen LogP contribution in [0.4, 0.5) is 5.82 Å². The molecule has 0 aromatic carbocycles. The number of nitrogens with two attached hydrogens (primary N) is 1. The number of hydrogen-bond donors (Lipinski definition) is 3. The molecule has 1 aromatic heterocycles. The molecule has 0 spiro atoms. The van der Waals surface area contributed by atoms with Crippen molar-refractivity contribution in [2.24, 2.45) is 0 Å². The Labute approximate surface area is 97.2 Å². The summed E-state index contributed by atoms with van der Waals surface area (Å²) in [5.41, 5.74) is 5.03. The molecule has 0 saturated heterocycles. The lowest BCUT2D eigenvalue weighted by molar-refractivity contribution is 0.0752. The minimum atomic E-state index is -4.20. The number of hydrogen-bond acceptors (Lipinski definition) is 5. The molecule has 8 nitrogen and oxygen atoms in total. The Kier molecular flexibility index (Phi) is 4.41. The molecule has 0 fully saturated rings. The van der Waals surface area contributed by atoms with Crippen LogP contribution in [0, 0.1) is 0 Å². The van der Waals surface area contributed by atoms with E-state index in [4.69, 9.17) is 20.3 Å². The molecule has 0 bridgehead atoms. The second-order valence-corrected chi connectivity index (χ2v) is 5.12. The van der Waals surface area contributed by atoms with Crippen molar-refractivity contribution in [3.63, 3.8) is 0 Å². The first-order valence-corrected chi connectivity index (χ1v) is 6.57. The molecule has 96 valence electrons. The predicted molar refractivity (Wildman–Crippen MR) is 60.4 cm³/mol. The Morgan fingerprint density at radius 1 is 1.65 bits per heavy atom. The molecule has 1 heterocycles. The van der Waals surface area contributed by atoms with Crippen LogP contribution < -0.4 is 11.4 Å². The number of ether oxygens (including phenoxy) is 1. The van der Waals surface area contributed by atoms with Crippen molar-refractivity contribution < 1.29 is 19.1 Å². The summed E-state index contributed by atoms with van der Waals surface area (Å²) in [5, 5.41) is 0. The van der Waals surface area contributed by atoms with Crippen molar-refractivity contribution in [2.45, 2.75) is 19.6 Å². The summed E-state index contributed by atoms with van der Waals surface area (Å²) in [4.78, 5) is 32.1. The zero-order valence-corrected chi connectivity index (χ0v) is 10.1. The quantitative estimate of drug-likeness (QED) is 0.603. The molecule has 17 heavy (non-hydrogen) atoms. The summed E-state index contributed by atoms with van der Waals surface area (Å²) in [6.07, 6.45) is 0.0325. The third-order valence-electron chi connectivity index (χ3n) is 1.94. The molecule has 4 N–H and O–H groups in total. The van der Waals surface area contributed by atoms with E-state index in [1.165, 1.54) is 16.8 Å². The zero-order valence-electron chi connectivity index (χ0n) is 9.18. The molecule has 1 aromatic rings. The van der Waals surface area contributed by atoms with Crippen LogP contribution in [0.3, 0.4) is 0 Å². The van der Waals surface area contributed by atoms with Crippen LogP contribution in [-0.4, -0.2) is 31.8 Å². The minimum Gasteiger partial charge on any atom is -0.385 e. The van der Waals surface area contributed by atoms with Gasteiger partial charge in [0.1, 0.15) is 12.2 Å². The SMILES string of the molecule is C[C@H](Cn1c(N)ccnc1=O)OCP(=O)(O)O. The van der Waals surface area contributed by atoms with Gasteiger partial charge in [-0.1, -0.05) is 0 Å². The normalized spacial score (nSPS) is 13.6. The van der Waals surface area contributed by atoms with Crippen molar-refractivity contribution >= 4 is 13.4 Å². The van der Waals surface area contributed by atoms with Gasteiger partial charge in [0.25, 0.3) is 0 Å². The fourth-order valence-electron chi connectivity index (χ4n) is 1.17. The Balaban J connectivity index is 2.66. The smallest absolute Gasteiger partial charge is 0.350 e. The maximum atomic E-state index is 11.3. The molecule has 0 aliphatic heterocycles. The lowest BCUT2D eigenvalue weighted by Crippen LogP contribution is -2.30. The van der Waals surface area contributed by atoms with Gasteiger partial charge in [-0.3, -0.25) is 9.13 Å². The highest BCUT2D eigenvalue weighted by Crippen LogP contribution is 2.34. The van der Waals surface area contributed by atoms with E-state index in [-0.39, 0.29) is 12.4 Å². The highest BCUT2D eigenvalue weighted by atomic mass is 31.2. The molecule has 0 saturated carbocycles. The Bertz CT molecular complexity index is 482. The van der Waals surface area contributed by atoms with Gasteiger partial charge in [0.15, 0.2) is 0 Å². The van der Waals surface area contributed by atoms with E-state index in [0.717, 1.165) is 0 Å². The Hall–Kier alpha value is -1.21. The number of rotatable bonds is 5. The molecule has 9 heteroatoms. The lowest BCUT2D eigenvalue weighted by atomic mass is 10.4. The maximum Gasteiger partial charge on any atom is 0.350 e. The van der Waals surface area contributed by atoms with Crippen LogP contribution >= 0.6 is 7.60 Å². The van der Waals surface area contributed by atoms with Crippen molar-refractivity contribution in [3.8, 4) is 0 Å². The van der Waals surface area contributed by atoms with E-state index in [9.17, 15) is 9.36 Å². The maximum absolute atomic E-state index is 11.3. The highest BCUT2D eigenvalue weighted by Gasteiger charge is 2.16. The first-order chi connectivity index (χ1) is 7.79. The van der Waals surface area contributed by atoms with Crippen LogP contribution in [0.15, 0.2) is 17.1 Å². The fourth-order valence-corrected chi connectivity index (χ4v) is 1.61. The van der Waals surface area contributed by atoms with Gasteiger partial charge in [-0.15, -0.1) is 0 Å². The van der Waals surface area contributed by atoms with Crippen LogP contribution in [-0.2, 0) is 15.8 Å². The van der Waals surface area contributed by atoms with Gasteiger partial charge in [-0.2, -0.15) is 0 Å². The van der Waals surface area contributed by atoms with Crippen molar-refractivity contribution in [3.05, 3.63) is 22.7 Å². The van der Waals surface area contributed by atoms with Gasteiger partial charge in [0, 0.05) is 6.20 Å². The standard InChI is InChI=1S/C8H14N3O5P/c1-6(16-5-17(13,14)15)4-11-7(9)2-3-10-8(11)12/h2-3,6H,4-5,9H2,1H3,(H2,13,14,15)/t6-/m1/s1. The fraction of sp³-hybridized carbons (Fsp3) is 0.500. The molecule has 0 aliphatic carbocycles. The summed E-state index contributed by atoms with van der Waals surface area (Å²) in [6, 6.07) is 1.46. The molecule has 0 amide bonds. The second kappa shape index (κ2) is 5.42. The largest absolute Gasteiger partial charge is 0.385 e. The molecular weight excluding hydrogens is 249 g/mol. The van der Waals surface area contributed by atoms with Crippen molar-refractivity contribution in [2.75, 3.05) is 12.1 Å². The third-order valence-corrected chi connectivity index (χ3v) is 2.43. The van der Waals surface area contributed by atoms with E-state index in [2.05, 4.69) is 4.98 Å². The summed E-state index contributed by atoms with van der Waals surface area (Å²) in [5.74, 6) is 0.219. The van der Waals surface area contributed by atoms with Crippen LogP contribution in [0.2, 0.25) is 0 Å². The zero-order chi connectivity index (χ0) is 13.1. The second-order valence-electron chi connectivity index (χ2n) is 3.53. The Morgan fingerprint density at radius 2 is 2.29 bits per heavy atom. The third kappa shape index (κ3) is 4.66. The summed E-state index contributed by atoms with van der Waals surface area (Å²) in [7, 11) is -4.20. The van der Waals surface area contributed by atoms with E-state index >= 15 is 0 Å². The minimum absolute atomic E-state index is 0.0819. The van der Waals surface area contributed by atoms with Crippen molar-refractivity contribution in [1.29, 1.82) is 0 Å². The van der Waals surface area contributed by atoms with Gasteiger partial charge in [-0.05, 0) is 13.0 Å². The summed E-state index contributed by atoms with van der Waals surface area (Å²) >= 11 is 0. The van der Waals surface area contributed by atoms with Gasteiger partial charge >= 0.3 is 13.3 Å². The predicted octanol–water partition coefficient (Wildman–Crippen LogP) is -0.634.